The minimum absolute atomic E-state index is 0.0489. The van der Waals surface area contributed by atoms with Crippen LogP contribution < -0.4 is 4.74 Å². The first-order chi connectivity index (χ1) is 10.6. The molecule has 0 heterocycles. The first kappa shape index (κ1) is 16.9. The van der Waals surface area contributed by atoms with Crippen LogP contribution >= 0.6 is 0 Å². The Kier molecular flexibility index (Phi) is 5.87. The van der Waals surface area contributed by atoms with Crippen LogP contribution in [0.5, 0.6) is 5.75 Å². The minimum Gasteiger partial charge on any atom is -0.494 e. The van der Waals surface area contributed by atoms with Crippen molar-refractivity contribution in [2.24, 2.45) is 11.8 Å². The summed E-state index contributed by atoms with van der Waals surface area (Å²) in [4.78, 5) is 11.6. The van der Waals surface area contributed by atoms with E-state index in [1.807, 2.05) is 6.92 Å². The number of hydrogen-bond donors (Lipinski definition) is 0. The van der Waals surface area contributed by atoms with E-state index in [2.05, 4.69) is 32.0 Å². The van der Waals surface area contributed by atoms with Gasteiger partial charge in [0.2, 0.25) is 0 Å². The molecule has 0 aliphatic heterocycles. The molecule has 122 valence electrons. The van der Waals surface area contributed by atoms with Crippen LogP contribution in [0.4, 0.5) is 0 Å². The monoisotopic (exact) mass is 304 g/mol. The molecule has 2 rings (SSSR count). The van der Waals surface area contributed by atoms with Crippen molar-refractivity contribution in [3.63, 3.8) is 0 Å². The van der Waals surface area contributed by atoms with E-state index in [4.69, 9.17) is 9.47 Å². The second-order valence-corrected chi connectivity index (χ2v) is 6.13. The van der Waals surface area contributed by atoms with Crippen molar-refractivity contribution >= 4 is 5.97 Å². The summed E-state index contributed by atoms with van der Waals surface area (Å²) in [6.07, 6.45) is 4.12. The normalized spacial score (nSPS) is 21.3. The Morgan fingerprint density at radius 2 is 2.09 bits per heavy atom. The number of aryl methyl sites for hydroxylation is 1. The van der Waals surface area contributed by atoms with Crippen LogP contribution in [0.1, 0.15) is 57.1 Å². The van der Waals surface area contributed by atoms with E-state index in [-0.39, 0.29) is 11.9 Å². The van der Waals surface area contributed by atoms with Gasteiger partial charge in [0, 0.05) is 0 Å². The van der Waals surface area contributed by atoms with Crippen molar-refractivity contribution in [3.8, 4) is 5.75 Å². The van der Waals surface area contributed by atoms with Gasteiger partial charge in [-0.1, -0.05) is 26.0 Å². The number of esters is 1. The standard InChI is InChI=1S/C19H28O3/c1-5-13-8-9-18(22-7-3)16(10-13)14(6-2)11-15-12-17(15)19(20)21-4/h8-10,14-15,17H,5-7,11-12H2,1-4H3. The molecule has 3 unspecified atom stereocenters. The topological polar surface area (TPSA) is 35.5 Å². The first-order valence-corrected chi connectivity index (χ1v) is 8.47. The lowest BCUT2D eigenvalue weighted by atomic mass is 9.88. The van der Waals surface area contributed by atoms with Gasteiger partial charge in [0.05, 0.1) is 19.6 Å². The van der Waals surface area contributed by atoms with Gasteiger partial charge in [-0.25, -0.2) is 0 Å². The first-order valence-electron chi connectivity index (χ1n) is 8.47. The number of carbonyl (C=O) groups is 1. The molecule has 0 saturated heterocycles. The van der Waals surface area contributed by atoms with Gasteiger partial charge in [-0.2, -0.15) is 0 Å². The lowest BCUT2D eigenvalue weighted by molar-refractivity contribution is -0.142. The second kappa shape index (κ2) is 7.66. The summed E-state index contributed by atoms with van der Waals surface area (Å²) in [5, 5.41) is 0. The molecule has 1 saturated carbocycles. The Hall–Kier alpha value is -1.51. The average molecular weight is 304 g/mol. The third-order valence-corrected chi connectivity index (χ3v) is 4.73. The minimum atomic E-state index is -0.0489. The third-order valence-electron chi connectivity index (χ3n) is 4.73. The Bertz CT molecular complexity index is 509. The van der Waals surface area contributed by atoms with E-state index >= 15 is 0 Å². The molecule has 1 aromatic rings. The fourth-order valence-corrected chi connectivity index (χ4v) is 3.25. The van der Waals surface area contributed by atoms with Crippen LogP contribution in [0.3, 0.4) is 0 Å². The molecule has 1 aliphatic carbocycles. The molecule has 0 aromatic heterocycles. The van der Waals surface area contributed by atoms with Gasteiger partial charge in [-0.3, -0.25) is 4.79 Å². The number of carbonyl (C=O) groups excluding carboxylic acids is 1. The number of benzene rings is 1. The zero-order chi connectivity index (χ0) is 16.1. The summed E-state index contributed by atoms with van der Waals surface area (Å²) in [5.74, 6) is 1.99. The Morgan fingerprint density at radius 3 is 2.68 bits per heavy atom. The highest BCUT2D eigenvalue weighted by atomic mass is 16.5. The van der Waals surface area contributed by atoms with E-state index in [9.17, 15) is 4.79 Å². The summed E-state index contributed by atoms with van der Waals surface area (Å²) in [6, 6.07) is 6.54. The maximum absolute atomic E-state index is 11.6. The highest BCUT2D eigenvalue weighted by Gasteiger charge is 2.44. The lowest BCUT2D eigenvalue weighted by Crippen LogP contribution is -2.08. The molecule has 0 bridgehead atoms. The van der Waals surface area contributed by atoms with Gasteiger partial charge in [-0.05, 0) is 61.6 Å². The zero-order valence-electron chi connectivity index (χ0n) is 14.2. The maximum Gasteiger partial charge on any atom is 0.308 e. The predicted octanol–water partition coefficient (Wildman–Crippen LogP) is 4.34. The summed E-state index contributed by atoms with van der Waals surface area (Å²) >= 11 is 0. The lowest BCUT2D eigenvalue weighted by Gasteiger charge is -2.20. The van der Waals surface area contributed by atoms with Crippen molar-refractivity contribution in [1.82, 2.24) is 0 Å². The van der Waals surface area contributed by atoms with Gasteiger partial charge < -0.3 is 9.47 Å². The predicted molar refractivity (Wildman–Crippen MR) is 88.3 cm³/mol. The molecule has 1 aliphatic rings. The quantitative estimate of drug-likeness (QED) is 0.670. The van der Waals surface area contributed by atoms with Crippen LogP contribution in [0.25, 0.3) is 0 Å². The molecule has 0 amide bonds. The largest absolute Gasteiger partial charge is 0.494 e. The number of rotatable bonds is 8. The molecule has 0 spiro atoms. The van der Waals surface area contributed by atoms with Gasteiger partial charge >= 0.3 is 5.97 Å². The number of hydrogen-bond acceptors (Lipinski definition) is 3. The van der Waals surface area contributed by atoms with Crippen LogP contribution in [0.15, 0.2) is 18.2 Å². The van der Waals surface area contributed by atoms with Gasteiger partial charge in [0.1, 0.15) is 5.75 Å². The van der Waals surface area contributed by atoms with E-state index < -0.39 is 0 Å². The van der Waals surface area contributed by atoms with Crippen molar-refractivity contribution in [2.45, 2.75) is 52.4 Å². The van der Waals surface area contributed by atoms with Crippen LogP contribution in [-0.4, -0.2) is 19.7 Å². The summed E-state index contributed by atoms with van der Waals surface area (Å²) in [7, 11) is 1.48. The average Bonchev–Trinajstić information content (AvgIpc) is 3.32. The summed E-state index contributed by atoms with van der Waals surface area (Å²) in [6.45, 7) is 7.10. The molecule has 3 nitrogen and oxygen atoms in total. The summed E-state index contributed by atoms with van der Waals surface area (Å²) in [5.41, 5.74) is 2.65. The van der Waals surface area contributed by atoms with Crippen molar-refractivity contribution < 1.29 is 14.3 Å². The SMILES string of the molecule is CCOc1ccc(CC)cc1C(CC)CC1CC1C(=O)OC. The number of methoxy groups -OCH3 is 1. The Balaban J connectivity index is 2.14. The Morgan fingerprint density at radius 1 is 1.32 bits per heavy atom. The summed E-state index contributed by atoms with van der Waals surface area (Å²) < 4.78 is 10.7. The van der Waals surface area contributed by atoms with E-state index in [0.29, 0.717) is 18.4 Å². The van der Waals surface area contributed by atoms with Gasteiger partial charge in [0.15, 0.2) is 0 Å². The molecule has 22 heavy (non-hydrogen) atoms. The molecular formula is C19H28O3. The van der Waals surface area contributed by atoms with Crippen molar-refractivity contribution in [3.05, 3.63) is 29.3 Å². The zero-order valence-corrected chi connectivity index (χ0v) is 14.2. The number of ether oxygens (including phenoxy) is 2. The van der Waals surface area contributed by atoms with E-state index in [1.165, 1.54) is 18.2 Å². The molecule has 3 atom stereocenters. The smallest absolute Gasteiger partial charge is 0.308 e. The van der Waals surface area contributed by atoms with Gasteiger partial charge in [0.25, 0.3) is 0 Å². The second-order valence-electron chi connectivity index (χ2n) is 6.13. The van der Waals surface area contributed by atoms with Crippen molar-refractivity contribution in [1.29, 1.82) is 0 Å². The van der Waals surface area contributed by atoms with E-state index in [0.717, 1.165) is 31.4 Å². The fraction of sp³-hybridized carbons (Fsp3) is 0.632. The highest BCUT2D eigenvalue weighted by Crippen LogP contribution is 2.47. The maximum atomic E-state index is 11.6. The molecule has 1 aromatic carbocycles. The van der Waals surface area contributed by atoms with Crippen LogP contribution in [-0.2, 0) is 16.0 Å². The van der Waals surface area contributed by atoms with Crippen LogP contribution in [0, 0.1) is 11.8 Å². The molecule has 3 heteroatoms. The molecule has 1 fully saturated rings. The van der Waals surface area contributed by atoms with E-state index in [1.54, 1.807) is 0 Å². The third kappa shape index (κ3) is 3.82. The Labute approximate surface area is 134 Å². The van der Waals surface area contributed by atoms with Gasteiger partial charge in [-0.15, -0.1) is 0 Å². The fourth-order valence-electron chi connectivity index (χ4n) is 3.25. The molecule has 0 N–H and O–H groups in total. The van der Waals surface area contributed by atoms with Crippen molar-refractivity contribution in [2.75, 3.05) is 13.7 Å². The molecular weight excluding hydrogens is 276 g/mol. The van der Waals surface area contributed by atoms with Crippen LogP contribution in [0.2, 0.25) is 0 Å². The molecule has 0 radical (unpaired) electrons. The highest BCUT2D eigenvalue weighted by molar-refractivity contribution is 5.75.